The van der Waals surface area contributed by atoms with Crippen molar-refractivity contribution in [3.05, 3.63) is 11.5 Å². The molecule has 104 valence electrons. The third-order valence-corrected chi connectivity index (χ3v) is 4.65. The van der Waals surface area contributed by atoms with Crippen LogP contribution in [0.1, 0.15) is 34.1 Å². The fourth-order valence-electron chi connectivity index (χ4n) is 2.64. The van der Waals surface area contributed by atoms with E-state index in [0.717, 1.165) is 11.9 Å². The van der Waals surface area contributed by atoms with Gasteiger partial charge in [0.2, 0.25) is 0 Å². The van der Waals surface area contributed by atoms with Gasteiger partial charge < -0.3 is 14.0 Å². The first-order chi connectivity index (χ1) is 8.80. The zero-order valence-electron chi connectivity index (χ0n) is 11.9. The van der Waals surface area contributed by atoms with Gasteiger partial charge in [0.25, 0.3) is 0 Å². The molecule has 0 bridgehead atoms. The van der Waals surface area contributed by atoms with Crippen LogP contribution >= 0.6 is 0 Å². The van der Waals surface area contributed by atoms with Crippen molar-refractivity contribution in [3.8, 4) is 0 Å². The number of carbonyl (C=O) groups is 1. The minimum Gasteiger partial charge on any atom is -0.447 e. The van der Waals surface area contributed by atoms with E-state index in [4.69, 9.17) is 14.0 Å². The van der Waals surface area contributed by atoms with Crippen molar-refractivity contribution < 1.29 is 18.8 Å². The number of cyclic esters (lactones) is 1. The summed E-state index contributed by atoms with van der Waals surface area (Å²) in [6.07, 6.45) is 2.59. The first-order valence-electron chi connectivity index (χ1n) is 6.78. The van der Waals surface area contributed by atoms with Crippen molar-refractivity contribution in [2.45, 2.75) is 51.4 Å². The molecule has 0 aromatic heterocycles. The molecule has 3 heterocycles. The van der Waals surface area contributed by atoms with Crippen LogP contribution in [-0.4, -0.2) is 48.5 Å². The van der Waals surface area contributed by atoms with Gasteiger partial charge in [0, 0.05) is 6.54 Å². The molecule has 5 nitrogen and oxygen atoms in total. The van der Waals surface area contributed by atoms with Crippen molar-refractivity contribution in [1.29, 1.82) is 0 Å². The summed E-state index contributed by atoms with van der Waals surface area (Å²) >= 11 is 0. The van der Waals surface area contributed by atoms with Gasteiger partial charge in [-0.25, -0.2) is 4.79 Å². The molecule has 1 atom stereocenters. The minimum absolute atomic E-state index is 0.131. The van der Waals surface area contributed by atoms with E-state index in [2.05, 4.69) is 0 Å². The van der Waals surface area contributed by atoms with Crippen LogP contribution < -0.4 is 0 Å². The molecule has 3 aliphatic heterocycles. The molecule has 0 N–H and O–H groups in total. The first-order valence-corrected chi connectivity index (χ1v) is 6.78. The van der Waals surface area contributed by atoms with Crippen LogP contribution in [0.2, 0.25) is 0 Å². The molecule has 3 rings (SSSR count). The monoisotopic (exact) mass is 265 g/mol. The molecule has 2 saturated heterocycles. The van der Waals surface area contributed by atoms with Crippen LogP contribution in [0.25, 0.3) is 0 Å². The number of nitrogens with zero attached hydrogens (tertiary/aromatic N) is 1. The topological polar surface area (TPSA) is 48.0 Å². The Morgan fingerprint density at radius 3 is 2.53 bits per heavy atom. The molecule has 0 radical (unpaired) electrons. The van der Waals surface area contributed by atoms with E-state index < -0.39 is 0 Å². The highest BCUT2D eigenvalue weighted by Crippen LogP contribution is 2.40. The Hall–Kier alpha value is -1.01. The number of amides is 1. The lowest BCUT2D eigenvalue weighted by Crippen LogP contribution is -2.41. The van der Waals surface area contributed by atoms with Crippen LogP contribution in [0.15, 0.2) is 11.5 Å². The van der Waals surface area contributed by atoms with Gasteiger partial charge in [-0.05, 0) is 39.6 Å². The Bertz CT molecular complexity index is 430. The number of fused-ring (bicyclic) bond motifs is 1. The maximum absolute atomic E-state index is 11.5. The van der Waals surface area contributed by atoms with Gasteiger partial charge in [-0.2, -0.15) is 0 Å². The standard InChI is InChI=1S/C13H20BNO4/c1-12(2)13(3,4)19-14(18-12)9-5-6-15-10(7-9)8-17-11(15)16/h5,10H,6-8H2,1-4H3/t10-/m1/s1. The molecular weight excluding hydrogens is 245 g/mol. The lowest BCUT2D eigenvalue weighted by Gasteiger charge is -2.32. The lowest BCUT2D eigenvalue weighted by atomic mass is 9.73. The summed E-state index contributed by atoms with van der Waals surface area (Å²) in [6, 6.07) is 0.131. The van der Waals surface area contributed by atoms with Crippen molar-refractivity contribution in [2.75, 3.05) is 13.2 Å². The molecule has 19 heavy (non-hydrogen) atoms. The van der Waals surface area contributed by atoms with E-state index in [1.165, 1.54) is 0 Å². The van der Waals surface area contributed by atoms with Crippen LogP contribution in [0.5, 0.6) is 0 Å². The van der Waals surface area contributed by atoms with Gasteiger partial charge in [0.05, 0.1) is 17.2 Å². The Kier molecular flexibility index (Phi) is 2.73. The summed E-state index contributed by atoms with van der Waals surface area (Å²) in [7, 11) is -0.303. The number of carbonyl (C=O) groups excluding carboxylic acids is 1. The van der Waals surface area contributed by atoms with Crippen molar-refractivity contribution in [3.63, 3.8) is 0 Å². The highest BCUT2D eigenvalue weighted by molar-refractivity contribution is 6.54. The zero-order chi connectivity index (χ0) is 13.8. The summed E-state index contributed by atoms with van der Waals surface area (Å²) in [4.78, 5) is 13.2. The van der Waals surface area contributed by atoms with Gasteiger partial charge in [0.1, 0.15) is 6.61 Å². The number of hydrogen-bond donors (Lipinski definition) is 0. The third kappa shape index (κ3) is 1.97. The third-order valence-electron chi connectivity index (χ3n) is 4.65. The van der Waals surface area contributed by atoms with E-state index in [9.17, 15) is 4.79 Å². The van der Waals surface area contributed by atoms with E-state index >= 15 is 0 Å². The second kappa shape index (κ2) is 3.99. The molecule has 1 amide bonds. The van der Waals surface area contributed by atoms with E-state index in [-0.39, 0.29) is 30.5 Å². The normalized spacial score (nSPS) is 32.1. The fourth-order valence-corrected chi connectivity index (χ4v) is 2.64. The molecule has 0 aromatic carbocycles. The SMILES string of the molecule is CC1(C)OB(C2=CCN3C(=O)OC[C@H]3C2)OC1(C)C. The Morgan fingerprint density at radius 1 is 1.26 bits per heavy atom. The van der Waals surface area contributed by atoms with Crippen LogP contribution in [0, 0.1) is 0 Å². The summed E-state index contributed by atoms with van der Waals surface area (Å²) in [6.45, 7) is 9.24. The van der Waals surface area contributed by atoms with E-state index in [1.54, 1.807) is 4.90 Å². The molecule has 0 spiro atoms. The number of ether oxygens (including phenoxy) is 1. The molecule has 6 heteroatoms. The Labute approximate surface area is 114 Å². The predicted octanol–water partition coefficient (Wildman–Crippen LogP) is 1.77. The van der Waals surface area contributed by atoms with Crippen molar-refractivity contribution in [2.24, 2.45) is 0 Å². The lowest BCUT2D eigenvalue weighted by molar-refractivity contribution is 0.00578. The largest absolute Gasteiger partial charge is 0.490 e. The van der Waals surface area contributed by atoms with Crippen LogP contribution in [0.3, 0.4) is 0 Å². The zero-order valence-corrected chi connectivity index (χ0v) is 11.9. The maximum Gasteiger partial charge on any atom is 0.490 e. The average Bonchev–Trinajstić information content (AvgIpc) is 2.78. The smallest absolute Gasteiger partial charge is 0.447 e. The van der Waals surface area contributed by atoms with Gasteiger partial charge in [-0.3, -0.25) is 4.90 Å². The predicted molar refractivity (Wildman–Crippen MR) is 70.6 cm³/mol. The summed E-state index contributed by atoms with van der Waals surface area (Å²) < 4.78 is 17.2. The molecule has 0 aromatic rings. The van der Waals surface area contributed by atoms with E-state index in [0.29, 0.717) is 13.2 Å². The van der Waals surface area contributed by atoms with Crippen molar-refractivity contribution in [1.82, 2.24) is 4.90 Å². The highest BCUT2D eigenvalue weighted by Gasteiger charge is 2.53. The molecule has 0 unspecified atom stereocenters. The quantitative estimate of drug-likeness (QED) is 0.678. The van der Waals surface area contributed by atoms with Gasteiger partial charge >= 0.3 is 13.2 Å². The second-order valence-electron chi connectivity index (χ2n) is 6.45. The highest BCUT2D eigenvalue weighted by atomic mass is 16.7. The van der Waals surface area contributed by atoms with Crippen LogP contribution in [0.4, 0.5) is 4.79 Å². The summed E-state index contributed by atoms with van der Waals surface area (Å²) in [5.74, 6) is 0. The number of rotatable bonds is 1. The van der Waals surface area contributed by atoms with Gasteiger partial charge in [0.15, 0.2) is 0 Å². The Balaban J connectivity index is 1.75. The van der Waals surface area contributed by atoms with Crippen molar-refractivity contribution >= 4 is 13.2 Å². The Morgan fingerprint density at radius 2 is 1.89 bits per heavy atom. The summed E-state index contributed by atoms with van der Waals surface area (Å²) in [5, 5.41) is 0. The maximum atomic E-state index is 11.5. The summed E-state index contributed by atoms with van der Waals surface area (Å²) in [5.41, 5.74) is 0.480. The molecule has 0 aliphatic carbocycles. The first kappa shape index (κ1) is 13.0. The average molecular weight is 265 g/mol. The van der Waals surface area contributed by atoms with Gasteiger partial charge in [-0.1, -0.05) is 6.08 Å². The minimum atomic E-state index is -0.322. The molecule has 3 aliphatic rings. The molecule has 2 fully saturated rings. The second-order valence-corrected chi connectivity index (χ2v) is 6.45. The molecule has 0 saturated carbocycles. The molecular formula is C13H20BNO4. The fraction of sp³-hybridized carbons (Fsp3) is 0.769. The van der Waals surface area contributed by atoms with Gasteiger partial charge in [-0.15, -0.1) is 0 Å². The van der Waals surface area contributed by atoms with E-state index in [1.807, 2.05) is 33.8 Å². The number of hydrogen-bond acceptors (Lipinski definition) is 4. The van der Waals surface area contributed by atoms with Crippen LogP contribution in [-0.2, 0) is 14.0 Å².